The Morgan fingerprint density at radius 1 is 1.50 bits per heavy atom. The molecule has 0 N–H and O–H groups in total. The quantitative estimate of drug-likeness (QED) is 0.602. The molecule has 1 heterocycles. The highest BCUT2D eigenvalue weighted by atomic mass is 19.2. The molecule has 2 nitrogen and oxygen atoms in total. The van der Waals surface area contributed by atoms with Crippen LogP contribution in [0.15, 0.2) is 0 Å². The smallest absolute Gasteiger partial charge is 0.219 e. The number of alkyl halides is 1. The van der Waals surface area contributed by atoms with Crippen LogP contribution in [0.3, 0.4) is 0 Å². The van der Waals surface area contributed by atoms with Crippen LogP contribution >= 0.6 is 0 Å². The molecule has 1 atom stereocenters. The highest BCUT2D eigenvalue weighted by Gasteiger charge is 2.30. The molecule has 1 fully saturated rings. The SMILES string of the molecule is CC(C)N1CCCO[C@@](C)(F)C1. The van der Waals surface area contributed by atoms with Crippen molar-refractivity contribution in [3.63, 3.8) is 0 Å². The van der Waals surface area contributed by atoms with Gasteiger partial charge in [0.2, 0.25) is 5.85 Å². The Labute approximate surface area is 73.7 Å². The van der Waals surface area contributed by atoms with E-state index in [1.165, 1.54) is 6.92 Å². The highest BCUT2D eigenvalue weighted by molar-refractivity contribution is 4.74. The van der Waals surface area contributed by atoms with Crippen LogP contribution in [0.5, 0.6) is 0 Å². The molecule has 0 aromatic heterocycles. The summed E-state index contributed by atoms with van der Waals surface area (Å²) in [5.41, 5.74) is 0. The summed E-state index contributed by atoms with van der Waals surface area (Å²) in [6.45, 7) is 7.55. The second-order valence-electron chi connectivity index (χ2n) is 3.87. The molecule has 0 radical (unpaired) electrons. The Morgan fingerprint density at radius 3 is 2.75 bits per heavy atom. The standard InChI is InChI=1S/C9H18FNO/c1-8(2)11-5-4-6-12-9(3,10)7-11/h8H,4-7H2,1-3H3/t9-/m1/s1. The number of halogens is 1. The van der Waals surface area contributed by atoms with Crippen LogP contribution in [-0.4, -0.2) is 36.5 Å². The van der Waals surface area contributed by atoms with Crippen molar-refractivity contribution in [1.82, 2.24) is 4.90 Å². The number of rotatable bonds is 1. The maximum absolute atomic E-state index is 13.5. The highest BCUT2D eigenvalue weighted by Crippen LogP contribution is 2.19. The first-order chi connectivity index (χ1) is 5.51. The van der Waals surface area contributed by atoms with Crippen LogP contribution < -0.4 is 0 Å². The Bertz CT molecular complexity index is 147. The summed E-state index contributed by atoms with van der Waals surface area (Å²) in [4.78, 5) is 2.12. The first-order valence-electron chi connectivity index (χ1n) is 4.58. The molecule has 0 aliphatic carbocycles. The molecule has 0 unspecified atom stereocenters. The van der Waals surface area contributed by atoms with Crippen LogP contribution in [0.4, 0.5) is 4.39 Å². The fourth-order valence-corrected chi connectivity index (χ4v) is 1.48. The van der Waals surface area contributed by atoms with E-state index >= 15 is 0 Å². The summed E-state index contributed by atoms with van der Waals surface area (Å²) >= 11 is 0. The van der Waals surface area contributed by atoms with Crippen LogP contribution in [0.2, 0.25) is 0 Å². The lowest BCUT2D eigenvalue weighted by Crippen LogP contribution is -2.40. The van der Waals surface area contributed by atoms with Crippen molar-refractivity contribution in [3.05, 3.63) is 0 Å². The van der Waals surface area contributed by atoms with E-state index in [4.69, 9.17) is 4.74 Å². The van der Waals surface area contributed by atoms with Gasteiger partial charge >= 0.3 is 0 Å². The number of hydrogen-bond acceptors (Lipinski definition) is 2. The monoisotopic (exact) mass is 175 g/mol. The largest absolute Gasteiger partial charge is 0.345 e. The van der Waals surface area contributed by atoms with Crippen molar-refractivity contribution in [2.75, 3.05) is 19.7 Å². The van der Waals surface area contributed by atoms with Crippen molar-refractivity contribution < 1.29 is 9.13 Å². The first-order valence-corrected chi connectivity index (χ1v) is 4.58. The normalized spacial score (nSPS) is 33.8. The van der Waals surface area contributed by atoms with Crippen molar-refractivity contribution in [2.24, 2.45) is 0 Å². The lowest BCUT2D eigenvalue weighted by atomic mass is 10.2. The predicted molar refractivity (Wildman–Crippen MR) is 46.8 cm³/mol. The predicted octanol–water partition coefficient (Wildman–Crippen LogP) is 1.80. The molecule has 1 rings (SSSR count). The summed E-state index contributed by atoms with van der Waals surface area (Å²) in [5.74, 6) is -1.46. The van der Waals surface area contributed by atoms with Crippen molar-refractivity contribution in [3.8, 4) is 0 Å². The maximum atomic E-state index is 13.5. The molecule has 0 saturated carbocycles. The van der Waals surface area contributed by atoms with E-state index in [-0.39, 0.29) is 0 Å². The molecule has 3 heteroatoms. The van der Waals surface area contributed by atoms with Gasteiger partial charge in [0.1, 0.15) is 0 Å². The van der Waals surface area contributed by atoms with Crippen molar-refractivity contribution >= 4 is 0 Å². The van der Waals surface area contributed by atoms with E-state index in [9.17, 15) is 4.39 Å². The van der Waals surface area contributed by atoms with E-state index in [2.05, 4.69) is 18.7 Å². The van der Waals surface area contributed by atoms with Gasteiger partial charge in [-0.3, -0.25) is 4.90 Å². The molecule has 1 saturated heterocycles. The third-order valence-corrected chi connectivity index (χ3v) is 2.21. The van der Waals surface area contributed by atoms with Gasteiger partial charge in [-0.15, -0.1) is 0 Å². The molecular weight excluding hydrogens is 157 g/mol. The van der Waals surface area contributed by atoms with Crippen molar-refractivity contribution in [1.29, 1.82) is 0 Å². The molecule has 0 aromatic carbocycles. The Balaban J connectivity index is 2.54. The summed E-state index contributed by atoms with van der Waals surface area (Å²) in [6, 6.07) is 0.404. The number of ether oxygens (including phenoxy) is 1. The lowest BCUT2D eigenvalue weighted by Gasteiger charge is -2.28. The third-order valence-electron chi connectivity index (χ3n) is 2.21. The van der Waals surface area contributed by atoms with Gasteiger partial charge in [-0.05, 0) is 27.2 Å². The second kappa shape index (κ2) is 3.71. The topological polar surface area (TPSA) is 12.5 Å². The van der Waals surface area contributed by atoms with Gasteiger partial charge in [-0.25, -0.2) is 4.39 Å². The minimum absolute atomic E-state index is 0.394. The Hall–Kier alpha value is -0.150. The van der Waals surface area contributed by atoms with E-state index in [0.717, 1.165) is 13.0 Å². The maximum Gasteiger partial charge on any atom is 0.219 e. The molecule has 0 amide bonds. The first kappa shape index (κ1) is 9.93. The zero-order valence-corrected chi connectivity index (χ0v) is 8.14. The fourth-order valence-electron chi connectivity index (χ4n) is 1.48. The number of hydrogen-bond donors (Lipinski definition) is 0. The molecule has 12 heavy (non-hydrogen) atoms. The summed E-state index contributed by atoms with van der Waals surface area (Å²) in [5, 5.41) is 0. The van der Waals surface area contributed by atoms with E-state index in [1.807, 2.05) is 0 Å². The Kier molecular flexibility index (Phi) is 3.07. The van der Waals surface area contributed by atoms with Crippen molar-refractivity contribution in [2.45, 2.75) is 39.1 Å². The minimum atomic E-state index is -1.46. The molecule has 0 spiro atoms. The Morgan fingerprint density at radius 2 is 2.17 bits per heavy atom. The molecule has 1 aliphatic heterocycles. The molecule has 72 valence electrons. The minimum Gasteiger partial charge on any atom is -0.345 e. The molecule has 0 aromatic rings. The van der Waals surface area contributed by atoms with Gasteiger partial charge in [0.15, 0.2) is 0 Å². The van der Waals surface area contributed by atoms with Gasteiger partial charge in [0.05, 0.1) is 13.2 Å². The van der Waals surface area contributed by atoms with Gasteiger partial charge in [0, 0.05) is 12.6 Å². The second-order valence-corrected chi connectivity index (χ2v) is 3.87. The molecule has 0 bridgehead atoms. The van der Waals surface area contributed by atoms with Crippen LogP contribution in [0.1, 0.15) is 27.2 Å². The fraction of sp³-hybridized carbons (Fsp3) is 1.00. The van der Waals surface area contributed by atoms with E-state index < -0.39 is 5.85 Å². The van der Waals surface area contributed by atoms with E-state index in [0.29, 0.717) is 19.2 Å². The average molecular weight is 175 g/mol. The third kappa shape index (κ3) is 2.72. The van der Waals surface area contributed by atoms with Crippen LogP contribution in [-0.2, 0) is 4.74 Å². The summed E-state index contributed by atoms with van der Waals surface area (Å²) in [7, 11) is 0. The van der Waals surface area contributed by atoms with Gasteiger partial charge in [-0.2, -0.15) is 0 Å². The van der Waals surface area contributed by atoms with Crippen LogP contribution in [0.25, 0.3) is 0 Å². The average Bonchev–Trinajstić information content (AvgIpc) is 2.10. The summed E-state index contributed by atoms with van der Waals surface area (Å²) < 4.78 is 18.5. The van der Waals surface area contributed by atoms with Crippen LogP contribution in [0, 0.1) is 0 Å². The summed E-state index contributed by atoms with van der Waals surface area (Å²) in [6.07, 6.45) is 0.928. The molecular formula is C9H18FNO. The number of nitrogens with zero attached hydrogens (tertiary/aromatic N) is 1. The van der Waals surface area contributed by atoms with E-state index in [1.54, 1.807) is 0 Å². The van der Waals surface area contributed by atoms with Gasteiger partial charge in [0.25, 0.3) is 0 Å². The molecule has 1 aliphatic rings. The lowest BCUT2D eigenvalue weighted by molar-refractivity contribution is -0.132. The zero-order chi connectivity index (χ0) is 9.19. The zero-order valence-electron chi connectivity index (χ0n) is 8.14. The van der Waals surface area contributed by atoms with Gasteiger partial charge in [-0.1, -0.05) is 0 Å². The van der Waals surface area contributed by atoms with Gasteiger partial charge < -0.3 is 4.74 Å².